The molecule has 0 aliphatic carbocycles. The van der Waals surface area contributed by atoms with Crippen molar-refractivity contribution in [3.05, 3.63) is 90.6 Å². The largest absolute Gasteiger partial charge is 0.358 e. The Kier molecular flexibility index (Phi) is 3.87. The number of nitrogens with one attached hydrogen (secondary N) is 1. The molecule has 28 heavy (non-hydrogen) atoms. The fraction of sp³-hybridized carbons (Fsp3) is 0.0800. The Bertz CT molecular complexity index is 1260. The second-order valence-electron chi connectivity index (χ2n) is 7.09. The summed E-state index contributed by atoms with van der Waals surface area (Å²) in [6.45, 7) is 2.12. The molecule has 0 atom stereocenters. The van der Waals surface area contributed by atoms with Gasteiger partial charge in [0.05, 0.1) is 11.4 Å². The summed E-state index contributed by atoms with van der Waals surface area (Å²) in [5.41, 5.74) is 7.87. The number of rotatable bonds is 3. The molecule has 0 aliphatic heterocycles. The molecule has 0 unspecified atom stereocenters. The highest BCUT2D eigenvalue weighted by Crippen LogP contribution is 2.38. The van der Waals surface area contributed by atoms with Gasteiger partial charge in [0, 0.05) is 40.3 Å². The number of benzene rings is 3. The number of aromatic amines is 1. The van der Waals surface area contributed by atoms with Gasteiger partial charge in [0.1, 0.15) is 5.82 Å². The van der Waals surface area contributed by atoms with Gasteiger partial charge >= 0.3 is 0 Å². The van der Waals surface area contributed by atoms with Gasteiger partial charge in [0.25, 0.3) is 0 Å². The van der Waals surface area contributed by atoms with Crippen LogP contribution in [0, 0.1) is 6.92 Å². The van der Waals surface area contributed by atoms with Crippen LogP contribution in [-0.2, 0) is 7.05 Å². The second kappa shape index (κ2) is 6.54. The van der Waals surface area contributed by atoms with E-state index in [-0.39, 0.29) is 0 Å². The van der Waals surface area contributed by atoms with Crippen LogP contribution in [0.3, 0.4) is 0 Å². The maximum atomic E-state index is 5.15. The molecule has 0 fully saturated rings. The predicted molar refractivity (Wildman–Crippen MR) is 116 cm³/mol. The molecule has 0 amide bonds. The molecule has 3 aromatic carbocycles. The first-order valence-electron chi connectivity index (χ1n) is 9.49. The van der Waals surface area contributed by atoms with Gasteiger partial charge in [-0.25, -0.2) is 4.98 Å². The van der Waals surface area contributed by atoms with Gasteiger partial charge < -0.3 is 9.55 Å². The Morgan fingerprint density at radius 1 is 0.750 bits per heavy atom. The highest BCUT2D eigenvalue weighted by atomic mass is 15.1. The van der Waals surface area contributed by atoms with Gasteiger partial charge in [-0.15, -0.1) is 0 Å². The number of hydrogen-bond acceptors (Lipinski definition) is 1. The van der Waals surface area contributed by atoms with Crippen molar-refractivity contribution >= 4 is 10.9 Å². The number of aromatic nitrogens is 3. The van der Waals surface area contributed by atoms with E-state index >= 15 is 0 Å². The summed E-state index contributed by atoms with van der Waals surface area (Å²) in [6.07, 6.45) is 0. The van der Waals surface area contributed by atoms with Crippen LogP contribution in [0.15, 0.2) is 84.9 Å². The first-order chi connectivity index (χ1) is 13.7. The third-order valence-corrected chi connectivity index (χ3v) is 5.31. The van der Waals surface area contributed by atoms with Gasteiger partial charge in [0.15, 0.2) is 0 Å². The van der Waals surface area contributed by atoms with Crippen LogP contribution < -0.4 is 0 Å². The number of hydrogen-bond donors (Lipinski definition) is 1. The topological polar surface area (TPSA) is 33.6 Å². The molecule has 1 N–H and O–H groups in total. The van der Waals surface area contributed by atoms with E-state index in [1.807, 2.05) is 12.1 Å². The molecule has 0 radical (unpaired) electrons. The summed E-state index contributed by atoms with van der Waals surface area (Å²) >= 11 is 0. The van der Waals surface area contributed by atoms with Crippen LogP contribution >= 0.6 is 0 Å². The monoisotopic (exact) mass is 363 g/mol. The normalized spacial score (nSPS) is 11.2. The van der Waals surface area contributed by atoms with E-state index < -0.39 is 0 Å². The van der Waals surface area contributed by atoms with Crippen LogP contribution in [0.5, 0.6) is 0 Å². The molecular weight excluding hydrogens is 342 g/mol. The Morgan fingerprint density at radius 2 is 1.36 bits per heavy atom. The third-order valence-electron chi connectivity index (χ3n) is 5.31. The second-order valence-corrected chi connectivity index (χ2v) is 7.09. The molecule has 2 aromatic heterocycles. The van der Waals surface area contributed by atoms with Crippen molar-refractivity contribution < 1.29 is 0 Å². The molecule has 136 valence electrons. The number of para-hydroxylation sites is 1. The zero-order valence-electron chi connectivity index (χ0n) is 16.0. The van der Waals surface area contributed by atoms with Crippen molar-refractivity contribution in [3.8, 4) is 33.9 Å². The predicted octanol–water partition coefficient (Wildman–Crippen LogP) is 6.21. The summed E-state index contributed by atoms with van der Waals surface area (Å²) in [4.78, 5) is 8.66. The van der Waals surface area contributed by atoms with Crippen molar-refractivity contribution in [2.45, 2.75) is 6.92 Å². The fourth-order valence-electron chi connectivity index (χ4n) is 4.01. The molecule has 5 aromatic rings. The first kappa shape index (κ1) is 16.6. The maximum absolute atomic E-state index is 5.15. The Balaban J connectivity index is 1.83. The van der Waals surface area contributed by atoms with E-state index in [9.17, 15) is 0 Å². The molecule has 0 aliphatic rings. The molecular formula is C25H21N3. The zero-order chi connectivity index (χ0) is 19.1. The molecule has 3 heteroatoms. The van der Waals surface area contributed by atoms with E-state index in [2.05, 4.69) is 96.3 Å². The van der Waals surface area contributed by atoms with E-state index in [0.717, 1.165) is 39.5 Å². The highest BCUT2D eigenvalue weighted by Gasteiger charge is 2.22. The van der Waals surface area contributed by atoms with E-state index in [4.69, 9.17) is 4.98 Å². The summed E-state index contributed by atoms with van der Waals surface area (Å²) in [5.74, 6) is 0.979. The van der Waals surface area contributed by atoms with Crippen molar-refractivity contribution in [1.82, 2.24) is 14.5 Å². The van der Waals surface area contributed by atoms with Crippen molar-refractivity contribution in [1.29, 1.82) is 0 Å². The van der Waals surface area contributed by atoms with Crippen molar-refractivity contribution in [2.24, 2.45) is 7.05 Å². The average Bonchev–Trinajstić information content (AvgIpc) is 3.25. The van der Waals surface area contributed by atoms with Gasteiger partial charge in [-0.2, -0.15) is 0 Å². The molecule has 0 bridgehead atoms. The van der Waals surface area contributed by atoms with Crippen LogP contribution in [-0.4, -0.2) is 14.5 Å². The average molecular weight is 363 g/mol. The molecule has 0 saturated heterocycles. The van der Waals surface area contributed by atoms with Crippen molar-refractivity contribution in [2.75, 3.05) is 0 Å². The summed E-state index contributed by atoms with van der Waals surface area (Å²) in [6, 6.07) is 29.3. The number of H-pyrrole nitrogens is 1. The lowest BCUT2D eigenvalue weighted by atomic mass is 10.1. The summed E-state index contributed by atoms with van der Waals surface area (Å²) in [5, 5.41) is 1.20. The van der Waals surface area contributed by atoms with E-state index in [0.29, 0.717) is 0 Å². The van der Waals surface area contributed by atoms with Crippen LogP contribution in [0.2, 0.25) is 0 Å². The standard InChI is InChI=1S/C25H21N3/c1-17-22(20-15-9-10-16-21(20)26-17)25-27-23(18-11-5-3-6-12-18)24(28(25)2)19-13-7-4-8-14-19/h3-16,26H,1-2H3. The van der Waals surface area contributed by atoms with Crippen LogP contribution in [0.4, 0.5) is 0 Å². The Morgan fingerprint density at radius 3 is 2.07 bits per heavy atom. The van der Waals surface area contributed by atoms with Crippen LogP contribution in [0.25, 0.3) is 44.8 Å². The summed E-state index contributed by atoms with van der Waals surface area (Å²) in [7, 11) is 2.11. The fourth-order valence-corrected chi connectivity index (χ4v) is 4.01. The lowest BCUT2D eigenvalue weighted by Crippen LogP contribution is -1.96. The summed E-state index contributed by atoms with van der Waals surface area (Å²) < 4.78 is 2.22. The number of aryl methyl sites for hydroxylation is 1. The third kappa shape index (κ3) is 2.55. The number of imidazole rings is 1. The van der Waals surface area contributed by atoms with Gasteiger partial charge in [-0.3, -0.25) is 0 Å². The minimum atomic E-state index is 0.979. The molecule has 0 saturated carbocycles. The molecule has 5 rings (SSSR count). The quantitative estimate of drug-likeness (QED) is 0.406. The minimum Gasteiger partial charge on any atom is -0.358 e. The lowest BCUT2D eigenvalue weighted by molar-refractivity contribution is 0.932. The zero-order valence-corrected chi connectivity index (χ0v) is 16.0. The molecule has 0 spiro atoms. The number of nitrogens with zero attached hydrogens (tertiary/aromatic N) is 2. The highest BCUT2D eigenvalue weighted by molar-refractivity contribution is 5.97. The van der Waals surface area contributed by atoms with Crippen LogP contribution in [0.1, 0.15) is 5.69 Å². The van der Waals surface area contributed by atoms with Crippen molar-refractivity contribution in [3.63, 3.8) is 0 Å². The maximum Gasteiger partial charge on any atom is 0.143 e. The minimum absolute atomic E-state index is 0.979. The van der Waals surface area contributed by atoms with E-state index in [1.165, 1.54) is 10.9 Å². The SMILES string of the molecule is Cc1[nH]c2ccccc2c1-c1nc(-c2ccccc2)c(-c2ccccc2)n1C. The lowest BCUT2D eigenvalue weighted by Gasteiger charge is -2.08. The molecule has 3 nitrogen and oxygen atoms in total. The molecule has 2 heterocycles. The van der Waals surface area contributed by atoms with Gasteiger partial charge in [-0.1, -0.05) is 78.9 Å². The smallest absolute Gasteiger partial charge is 0.143 e. The van der Waals surface area contributed by atoms with Gasteiger partial charge in [-0.05, 0) is 13.0 Å². The number of fused-ring (bicyclic) bond motifs is 1. The Hall–Kier alpha value is -3.59. The van der Waals surface area contributed by atoms with Gasteiger partial charge in [0.2, 0.25) is 0 Å². The van der Waals surface area contributed by atoms with E-state index in [1.54, 1.807) is 0 Å². The Labute approximate surface area is 164 Å². The first-order valence-corrected chi connectivity index (χ1v) is 9.49.